The molecule has 1 aromatic rings. The van der Waals surface area contributed by atoms with Crippen molar-refractivity contribution in [2.45, 2.75) is 17.2 Å². The van der Waals surface area contributed by atoms with E-state index in [9.17, 15) is 8.42 Å². The Bertz CT molecular complexity index is 402. The number of nitrogens with one attached hydrogen (secondary N) is 1. The topological polar surface area (TPSA) is 72.2 Å². The number of thiophene rings is 1. The van der Waals surface area contributed by atoms with E-state index >= 15 is 0 Å². The van der Waals surface area contributed by atoms with Gasteiger partial charge in [-0.05, 0) is 34.3 Å². The first-order valence-corrected chi connectivity index (χ1v) is 7.08. The largest absolute Gasteiger partial charge is 0.329 e. The van der Waals surface area contributed by atoms with Gasteiger partial charge in [-0.25, -0.2) is 13.1 Å². The third-order valence-electron chi connectivity index (χ3n) is 1.54. The molecule has 0 aromatic carbocycles. The summed E-state index contributed by atoms with van der Waals surface area (Å²) in [5.41, 5.74) is 5.34. The van der Waals surface area contributed by atoms with Crippen LogP contribution in [0.2, 0.25) is 0 Å². The molecule has 0 saturated heterocycles. The Labute approximate surface area is 95.7 Å². The minimum Gasteiger partial charge on any atom is -0.329 e. The number of hydrogen-bond donors (Lipinski definition) is 2. The SMILES string of the molecule is C[C@@H](CN)NS(=O)(=O)c1sccc1Br. The maximum absolute atomic E-state index is 11.7. The Morgan fingerprint density at radius 1 is 1.71 bits per heavy atom. The zero-order valence-electron chi connectivity index (χ0n) is 7.53. The van der Waals surface area contributed by atoms with Crippen molar-refractivity contribution in [3.05, 3.63) is 15.9 Å². The van der Waals surface area contributed by atoms with Crippen LogP contribution in [0.25, 0.3) is 0 Å². The van der Waals surface area contributed by atoms with Crippen LogP contribution in [0.1, 0.15) is 6.92 Å². The van der Waals surface area contributed by atoms with Crippen molar-refractivity contribution >= 4 is 37.3 Å². The Kier molecular flexibility index (Phi) is 4.08. The van der Waals surface area contributed by atoms with Gasteiger partial charge in [-0.1, -0.05) is 0 Å². The second kappa shape index (κ2) is 4.71. The monoisotopic (exact) mass is 298 g/mol. The van der Waals surface area contributed by atoms with E-state index in [0.29, 0.717) is 4.47 Å². The number of hydrogen-bond acceptors (Lipinski definition) is 4. The molecule has 1 rings (SSSR count). The Morgan fingerprint density at radius 3 is 2.79 bits per heavy atom. The van der Waals surface area contributed by atoms with Crippen molar-refractivity contribution < 1.29 is 8.42 Å². The standard InChI is InChI=1S/C7H11BrN2O2S2/c1-5(4-9)10-14(11,12)7-6(8)2-3-13-7/h2-3,5,10H,4,9H2,1H3/t5-/m0/s1. The summed E-state index contributed by atoms with van der Waals surface area (Å²) in [6, 6.07) is 1.45. The molecule has 4 nitrogen and oxygen atoms in total. The van der Waals surface area contributed by atoms with Crippen molar-refractivity contribution in [3.63, 3.8) is 0 Å². The van der Waals surface area contributed by atoms with E-state index in [1.54, 1.807) is 18.4 Å². The quantitative estimate of drug-likeness (QED) is 0.875. The minimum absolute atomic E-state index is 0.256. The van der Waals surface area contributed by atoms with Crippen LogP contribution in [0.3, 0.4) is 0 Å². The Balaban J connectivity index is 2.92. The highest BCUT2D eigenvalue weighted by Crippen LogP contribution is 2.27. The van der Waals surface area contributed by atoms with Crippen molar-refractivity contribution in [2.24, 2.45) is 5.73 Å². The van der Waals surface area contributed by atoms with Crippen LogP contribution in [0.15, 0.2) is 20.1 Å². The average molecular weight is 299 g/mol. The second-order valence-electron chi connectivity index (χ2n) is 2.81. The highest BCUT2D eigenvalue weighted by molar-refractivity contribution is 9.10. The summed E-state index contributed by atoms with van der Waals surface area (Å²) in [5.74, 6) is 0. The van der Waals surface area contributed by atoms with Crippen LogP contribution in [0.4, 0.5) is 0 Å². The number of rotatable bonds is 4. The highest BCUT2D eigenvalue weighted by atomic mass is 79.9. The van der Waals surface area contributed by atoms with E-state index < -0.39 is 10.0 Å². The van der Waals surface area contributed by atoms with Gasteiger partial charge in [0.2, 0.25) is 0 Å². The summed E-state index contributed by atoms with van der Waals surface area (Å²) < 4.78 is 26.7. The van der Waals surface area contributed by atoms with Crippen molar-refractivity contribution in [3.8, 4) is 0 Å². The summed E-state index contributed by atoms with van der Waals surface area (Å²) >= 11 is 4.34. The fourth-order valence-electron chi connectivity index (χ4n) is 0.838. The van der Waals surface area contributed by atoms with Crippen LogP contribution in [-0.4, -0.2) is 21.0 Å². The van der Waals surface area contributed by atoms with Crippen molar-refractivity contribution in [1.82, 2.24) is 4.72 Å². The molecule has 0 aliphatic heterocycles. The van der Waals surface area contributed by atoms with Gasteiger partial charge in [0.15, 0.2) is 0 Å². The van der Waals surface area contributed by atoms with E-state index in [-0.39, 0.29) is 16.8 Å². The maximum Gasteiger partial charge on any atom is 0.251 e. The minimum atomic E-state index is -3.42. The van der Waals surface area contributed by atoms with Crippen LogP contribution >= 0.6 is 27.3 Å². The molecule has 0 saturated carbocycles. The summed E-state index contributed by atoms with van der Waals surface area (Å²) in [7, 11) is -3.42. The molecule has 0 radical (unpaired) electrons. The van der Waals surface area contributed by atoms with Gasteiger partial charge < -0.3 is 5.73 Å². The second-order valence-corrected chi connectivity index (χ2v) is 6.49. The lowest BCUT2D eigenvalue weighted by Crippen LogP contribution is -2.37. The van der Waals surface area contributed by atoms with Gasteiger partial charge in [0.1, 0.15) is 4.21 Å². The average Bonchev–Trinajstić information content (AvgIpc) is 2.51. The lowest BCUT2D eigenvalue weighted by molar-refractivity contribution is 0.564. The van der Waals surface area contributed by atoms with Crippen molar-refractivity contribution in [1.29, 1.82) is 0 Å². The van der Waals surface area contributed by atoms with Crippen molar-refractivity contribution in [2.75, 3.05) is 6.54 Å². The van der Waals surface area contributed by atoms with Gasteiger partial charge in [0.05, 0.1) is 0 Å². The molecule has 1 heterocycles. The van der Waals surface area contributed by atoms with Gasteiger partial charge in [-0.3, -0.25) is 0 Å². The molecule has 7 heteroatoms. The molecule has 0 spiro atoms. The fraction of sp³-hybridized carbons (Fsp3) is 0.429. The third kappa shape index (κ3) is 2.77. The van der Waals surface area contributed by atoms with E-state index in [1.807, 2.05) is 0 Å². The third-order valence-corrected chi connectivity index (χ3v) is 5.80. The van der Waals surface area contributed by atoms with Gasteiger partial charge >= 0.3 is 0 Å². The van der Waals surface area contributed by atoms with Crippen LogP contribution in [-0.2, 0) is 10.0 Å². The summed E-state index contributed by atoms with van der Waals surface area (Å²) in [4.78, 5) is 0. The van der Waals surface area contributed by atoms with E-state index in [1.165, 1.54) is 11.3 Å². The molecule has 0 amide bonds. The fourth-order valence-corrected chi connectivity index (χ4v) is 4.45. The lowest BCUT2D eigenvalue weighted by Gasteiger charge is -2.10. The first kappa shape index (κ1) is 12.1. The molecule has 1 atom stereocenters. The first-order valence-electron chi connectivity index (χ1n) is 3.92. The normalized spacial score (nSPS) is 14.2. The lowest BCUT2D eigenvalue weighted by atomic mass is 10.4. The zero-order valence-corrected chi connectivity index (χ0v) is 10.7. The molecular weight excluding hydrogens is 288 g/mol. The molecule has 14 heavy (non-hydrogen) atoms. The molecule has 0 aliphatic carbocycles. The van der Waals surface area contributed by atoms with E-state index in [0.717, 1.165) is 0 Å². The predicted molar refractivity (Wildman–Crippen MR) is 60.9 cm³/mol. The molecule has 3 N–H and O–H groups in total. The summed E-state index contributed by atoms with van der Waals surface area (Å²) in [6.45, 7) is 2.00. The van der Waals surface area contributed by atoms with Gasteiger partial charge in [-0.2, -0.15) is 0 Å². The van der Waals surface area contributed by atoms with E-state index in [2.05, 4.69) is 20.7 Å². The van der Waals surface area contributed by atoms with Gasteiger partial charge in [0.25, 0.3) is 10.0 Å². The molecule has 0 fully saturated rings. The summed E-state index contributed by atoms with van der Waals surface area (Å²) in [6.07, 6.45) is 0. The number of nitrogens with two attached hydrogens (primary N) is 1. The predicted octanol–water partition coefficient (Wildman–Crippen LogP) is 1.14. The van der Waals surface area contributed by atoms with E-state index in [4.69, 9.17) is 5.73 Å². The molecule has 0 aliphatic rings. The molecular formula is C7H11BrN2O2S2. The maximum atomic E-state index is 11.7. The summed E-state index contributed by atoms with van der Waals surface area (Å²) in [5, 5.41) is 1.71. The highest BCUT2D eigenvalue weighted by Gasteiger charge is 2.20. The molecule has 0 unspecified atom stereocenters. The zero-order chi connectivity index (χ0) is 10.8. The first-order chi connectivity index (χ1) is 6.47. The molecule has 80 valence electrons. The van der Waals surface area contributed by atoms with Gasteiger partial charge in [-0.15, -0.1) is 11.3 Å². The molecule has 1 aromatic heterocycles. The van der Waals surface area contributed by atoms with Crippen LogP contribution in [0.5, 0.6) is 0 Å². The van der Waals surface area contributed by atoms with Gasteiger partial charge in [0, 0.05) is 17.1 Å². The Hall–Kier alpha value is 0.0500. The Morgan fingerprint density at radius 2 is 2.36 bits per heavy atom. The smallest absolute Gasteiger partial charge is 0.251 e. The number of sulfonamides is 1. The number of halogens is 1. The van der Waals surface area contributed by atoms with Crippen LogP contribution in [0, 0.1) is 0 Å². The van der Waals surface area contributed by atoms with Crippen LogP contribution < -0.4 is 10.5 Å². The molecule has 0 bridgehead atoms.